The van der Waals surface area contributed by atoms with Crippen LogP contribution >= 0.6 is 11.8 Å². The van der Waals surface area contributed by atoms with E-state index in [4.69, 9.17) is 0 Å². The number of benzene rings is 2. The Morgan fingerprint density at radius 1 is 0.952 bits per heavy atom. The Kier molecular flexibility index (Phi) is 5.44. The highest BCUT2D eigenvalue weighted by molar-refractivity contribution is 7.99. The van der Waals surface area contributed by atoms with Gasteiger partial charge in [0.1, 0.15) is 17.5 Å². The zero-order valence-electron chi connectivity index (χ0n) is 11.1. The molecule has 21 heavy (non-hydrogen) atoms. The molecule has 1 nitrogen and oxygen atoms in total. The highest BCUT2D eigenvalue weighted by atomic mass is 32.2. The third-order valence-electron chi connectivity index (χ3n) is 2.87. The maximum Gasteiger partial charge on any atom is 0.162 e. The van der Waals surface area contributed by atoms with E-state index in [0.717, 1.165) is 6.07 Å². The second-order valence-electron chi connectivity index (χ2n) is 4.46. The number of hydrogen-bond donors (Lipinski definition) is 0. The highest BCUT2D eigenvalue weighted by Gasteiger charge is 2.07. The van der Waals surface area contributed by atoms with Crippen LogP contribution in [0.3, 0.4) is 0 Å². The molecule has 0 spiro atoms. The number of thioether (sulfide) groups is 1. The second kappa shape index (κ2) is 7.31. The molecule has 2 rings (SSSR count). The molecule has 0 unspecified atom stereocenters. The summed E-state index contributed by atoms with van der Waals surface area (Å²) in [5.41, 5.74) is 0.467. The van der Waals surface area contributed by atoms with Gasteiger partial charge in [-0.05, 0) is 48.6 Å². The zero-order chi connectivity index (χ0) is 15.2. The highest BCUT2D eigenvalue weighted by Crippen LogP contribution is 2.23. The van der Waals surface area contributed by atoms with E-state index in [2.05, 4.69) is 0 Å². The van der Waals surface area contributed by atoms with Gasteiger partial charge in [0.25, 0.3) is 0 Å². The Morgan fingerprint density at radius 3 is 2.29 bits per heavy atom. The average Bonchev–Trinajstić information content (AvgIpc) is 2.46. The molecule has 0 aliphatic rings. The van der Waals surface area contributed by atoms with Crippen molar-refractivity contribution in [3.05, 3.63) is 65.5 Å². The Balaban J connectivity index is 1.79. The molecule has 2 aromatic rings. The zero-order valence-corrected chi connectivity index (χ0v) is 11.9. The van der Waals surface area contributed by atoms with E-state index in [0.29, 0.717) is 29.1 Å². The third-order valence-corrected chi connectivity index (χ3v) is 4.00. The summed E-state index contributed by atoms with van der Waals surface area (Å²) in [6.45, 7) is 0. The summed E-state index contributed by atoms with van der Waals surface area (Å²) in [4.78, 5) is 12.2. The Bertz CT molecular complexity index is 626. The molecule has 0 saturated carbocycles. The number of carbonyl (C=O) groups excluding carboxylic acids is 1. The molecule has 0 radical (unpaired) electrons. The molecular weight excluding hydrogens is 297 g/mol. The largest absolute Gasteiger partial charge is 0.294 e. The first-order valence-electron chi connectivity index (χ1n) is 6.43. The number of hydrogen-bond acceptors (Lipinski definition) is 2. The maximum absolute atomic E-state index is 13.4. The quantitative estimate of drug-likeness (QED) is 0.430. The van der Waals surface area contributed by atoms with Crippen LogP contribution in [0.4, 0.5) is 13.2 Å². The van der Waals surface area contributed by atoms with E-state index >= 15 is 0 Å². The molecule has 0 amide bonds. The van der Waals surface area contributed by atoms with Crippen molar-refractivity contribution >= 4 is 17.5 Å². The SMILES string of the molecule is O=C(CCCSc1ccc(F)cc1F)c1ccc(F)cc1. The van der Waals surface area contributed by atoms with Crippen LogP contribution in [0, 0.1) is 17.5 Å². The fourth-order valence-electron chi connectivity index (χ4n) is 1.79. The first kappa shape index (κ1) is 15.6. The van der Waals surface area contributed by atoms with E-state index in [1.165, 1.54) is 48.2 Å². The fourth-order valence-corrected chi connectivity index (χ4v) is 2.66. The fraction of sp³-hybridized carbons (Fsp3) is 0.188. The van der Waals surface area contributed by atoms with Gasteiger partial charge in [0, 0.05) is 22.9 Å². The molecule has 0 aromatic heterocycles. The summed E-state index contributed by atoms with van der Waals surface area (Å²) in [5, 5.41) is 0. The topological polar surface area (TPSA) is 17.1 Å². The monoisotopic (exact) mass is 310 g/mol. The van der Waals surface area contributed by atoms with Crippen LogP contribution in [-0.4, -0.2) is 11.5 Å². The van der Waals surface area contributed by atoms with E-state index in [-0.39, 0.29) is 11.6 Å². The van der Waals surface area contributed by atoms with Gasteiger partial charge in [-0.3, -0.25) is 4.79 Å². The van der Waals surface area contributed by atoms with Crippen molar-refractivity contribution in [3.8, 4) is 0 Å². The number of rotatable bonds is 6. The molecule has 0 aliphatic carbocycles. The smallest absolute Gasteiger partial charge is 0.162 e. The molecule has 0 N–H and O–H groups in total. The molecular formula is C16H13F3OS. The minimum absolute atomic E-state index is 0.0739. The van der Waals surface area contributed by atoms with Gasteiger partial charge < -0.3 is 0 Å². The minimum Gasteiger partial charge on any atom is -0.294 e. The summed E-state index contributed by atoms with van der Waals surface area (Å²) >= 11 is 1.24. The second-order valence-corrected chi connectivity index (χ2v) is 5.59. The maximum atomic E-state index is 13.4. The predicted octanol–water partition coefficient (Wildman–Crippen LogP) is 4.86. The van der Waals surface area contributed by atoms with Crippen LogP contribution in [0.1, 0.15) is 23.2 Å². The minimum atomic E-state index is -0.608. The molecule has 0 fully saturated rings. The van der Waals surface area contributed by atoms with Crippen molar-refractivity contribution < 1.29 is 18.0 Å². The average molecular weight is 310 g/mol. The lowest BCUT2D eigenvalue weighted by molar-refractivity contribution is 0.0982. The molecule has 0 heterocycles. The summed E-state index contributed by atoms with van der Waals surface area (Å²) in [6.07, 6.45) is 0.874. The third kappa shape index (κ3) is 4.63. The standard InChI is InChI=1S/C16H13F3OS/c17-12-5-3-11(4-6-12)15(20)2-1-9-21-16-8-7-13(18)10-14(16)19/h3-8,10H,1-2,9H2. The Labute approximate surface area is 125 Å². The summed E-state index contributed by atoms with van der Waals surface area (Å²) in [6, 6.07) is 8.82. The van der Waals surface area contributed by atoms with E-state index < -0.39 is 11.6 Å². The lowest BCUT2D eigenvalue weighted by Gasteiger charge is -2.04. The van der Waals surface area contributed by atoms with Gasteiger partial charge >= 0.3 is 0 Å². The lowest BCUT2D eigenvalue weighted by atomic mass is 10.1. The van der Waals surface area contributed by atoms with Crippen molar-refractivity contribution in [2.24, 2.45) is 0 Å². The number of halogens is 3. The normalized spacial score (nSPS) is 10.6. The molecule has 2 aromatic carbocycles. The van der Waals surface area contributed by atoms with Crippen molar-refractivity contribution in [1.82, 2.24) is 0 Å². The van der Waals surface area contributed by atoms with Gasteiger partial charge in [-0.1, -0.05) is 0 Å². The van der Waals surface area contributed by atoms with Gasteiger partial charge in [0.15, 0.2) is 5.78 Å². The van der Waals surface area contributed by atoms with Crippen LogP contribution in [0.5, 0.6) is 0 Å². The number of carbonyl (C=O) groups is 1. The summed E-state index contributed by atoms with van der Waals surface area (Å²) in [7, 11) is 0. The van der Waals surface area contributed by atoms with Crippen LogP contribution in [0.25, 0.3) is 0 Å². The van der Waals surface area contributed by atoms with Gasteiger partial charge in [-0.25, -0.2) is 13.2 Å². The van der Waals surface area contributed by atoms with Crippen LogP contribution in [0.2, 0.25) is 0 Å². The first-order chi connectivity index (χ1) is 10.1. The van der Waals surface area contributed by atoms with E-state index in [1.54, 1.807) is 0 Å². The molecule has 0 bridgehead atoms. The Hall–Kier alpha value is -1.75. The molecule has 0 saturated heterocycles. The van der Waals surface area contributed by atoms with Gasteiger partial charge in [-0.2, -0.15) is 0 Å². The van der Waals surface area contributed by atoms with E-state index in [1.807, 2.05) is 0 Å². The number of Topliss-reactive ketones (excluding diaryl/α,β-unsaturated/α-hetero) is 1. The number of ketones is 1. The van der Waals surface area contributed by atoms with Gasteiger partial charge in [0.2, 0.25) is 0 Å². The van der Waals surface area contributed by atoms with Crippen molar-refractivity contribution in [2.75, 3.05) is 5.75 Å². The molecule has 0 atom stereocenters. The predicted molar refractivity (Wildman–Crippen MR) is 77.0 cm³/mol. The van der Waals surface area contributed by atoms with E-state index in [9.17, 15) is 18.0 Å². The van der Waals surface area contributed by atoms with Crippen LogP contribution in [0.15, 0.2) is 47.4 Å². The van der Waals surface area contributed by atoms with Crippen molar-refractivity contribution in [1.29, 1.82) is 0 Å². The summed E-state index contributed by atoms with van der Waals surface area (Å²) in [5.74, 6) is -1.10. The molecule has 110 valence electrons. The first-order valence-corrected chi connectivity index (χ1v) is 7.41. The van der Waals surface area contributed by atoms with Crippen molar-refractivity contribution in [3.63, 3.8) is 0 Å². The van der Waals surface area contributed by atoms with Gasteiger partial charge in [-0.15, -0.1) is 11.8 Å². The summed E-state index contributed by atoms with van der Waals surface area (Å²) < 4.78 is 38.8. The van der Waals surface area contributed by atoms with Crippen LogP contribution < -0.4 is 0 Å². The van der Waals surface area contributed by atoms with Crippen molar-refractivity contribution in [2.45, 2.75) is 17.7 Å². The molecule has 5 heteroatoms. The van der Waals surface area contributed by atoms with Gasteiger partial charge in [0.05, 0.1) is 0 Å². The molecule has 0 aliphatic heterocycles. The Morgan fingerprint density at radius 2 is 1.62 bits per heavy atom. The lowest BCUT2D eigenvalue weighted by Crippen LogP contribution is -1.99. The van der Waals surface area contributed by atoms with Crippen LogP contribution in [-0.2, 0) is 0 Å².